The minimum atomic E-state index is -0.0553. The summed E-state index contributed by atoms with van der Waals surface area (Å²) in [7, 11) is 0. The SMILES string of the molecule is CC(C)Oc1ccc(C(=O)c2ccc(Br)c(N)c2)cc1. The minimum absolute atomic E-state index is 0.0553. The number of nitrogen functional groups attached to an aromatic ring is 1. The molecule has 0 amide bonds. The Morgan fingerprint density at radius 3 is 2.25 bits per heavy atom. The molecular weight excluding hydrogens is 318 g/mol. The molecule has 2 aromatic carbocycles. The van der Waals surface area contributed by atoms with Crippen LogP contribution in [0, 0.1) is 0 Å². The van der Waals surface area contributed by atoms with E-state index in [4.69, 9.17) is 10.5 Å². The summed E-state index contributed by atoms with van der Waals surface area (Å²) >= 11 is 3.31. The van der Waals surface area contributed by atoms with Crippen LogP contribution in [0.25, 0.3) is 0 Å². The molecule has 104 valence electrons. The number of nitrogens with two attached hydrogens (primary N) is 1. The molecule has 2 N–H and O–H groups in total. The van der Waals surface area contributed by atoms with Gasteiger partial charge in [0.25, 0.3) is 0 Å². The summed E-state index contributed by atoms with van der Waals surface area (Å²) in [5, 5.41) is 0. The average molecular weight is 334 g/mol. The van der Waals surface area contributed by atoms with Gasteiger partial charge in [0, 0.05) is 21.3 Å². The lowest BCUT2D eigenvalue weighted by Gasteiger charge is -2.10. The van der Waals surface area contributed by atoms with Crippen LogP contribution in [0.5, 0.6) is 5.75 Å². The molecule has 0 heterocycles. The van der Waals surface area contributed by atoms with E-state index in [0.29, 0.717) is 16.8 Å². The van der Waals surface area contributed by atoms with Gasteiger partial charge in [-0.15, -0.1) is 0 Å². The maximum absolute atomic E-state index is 12.3. The van der Waals surface area contributed by atoms with E-state index in [9.17, 15) is 4.79 Å². The zero-order valence-corrected chi connectivity index (χ0v) is 13.0. The van der Waals surface area contributed by atoms with Crippen LogP contribution >= 0.6 is 15.9 Å². The Morgan fingerprint density at radius 2 is 1.70 bits per heavy atom. The fraction of sp³-hybridized carbons (Fsp3) is 0.188. The van der Waals surface area contributed by atoms with Crippen molar-refractivity contribution < 1.29 is 9.53 Å². The van der Waals surface area contributed by atoms with E-state index in [1.807, 2.05) is 13.8 Å². The van der Waals surface area contributed by atoms with E-state index in [1.165, 1.54) is 0 Å². The smallest absolute Gasteiger partial charge is 0.193 e. The maximum Gasteiger partial charge on any atom is 0.193 e. The first-order valence-electron chi connectivity index (χ1n) is 6.34. The number of ether oxygens (including phenoxy) is 1. The molecule has 0 aliphatic heterocycles. The quantitative estimate of drug-likeness (QED) is 0.678. The third-order valence-corrected chi connectivity index (χ3v) is 3.47. The van der Waals surface area contributed by atoms with Gasteiger partial charge in [-0.1, -0.05) is 0 Å². The molecule has 0 fully saturated rings. The number of benzene rings is 2. The first-order chi connectivity index (χ1) is 9.47. The average Bonchev–Trinajstić information content (AvgIpc) is 2.41. The molecule has 2 rings (SSSR count). The van der Waals surface area contributed by atoms with Gasteiger partial charge in [0.1, 0.15) is 5.75 Å². The summed E-state index contributed by atoms with van der Waals surface area (Å²) in [6.45, 7) is 3.92. The topological polar surface area (TPSA) is 52.3 Å². The minimum Gasteiger partial charge on any atom is -0.491 e. The molecule has 0 aliphatic carbocycles. The number of ketones is 1. The van der Waals surface area contributed by atoms with Gasteiger partial charge < -0.3 is 10.5 Å². The van der Waals surface area contributed by atoms with E-state index in [2.05, 4.69) is 15.9 Å². The molecule has 0 unspecified atom stereocenters. The zero-order valence-electron chi connectivity index (χ0n) is 11.4. The number of carbonyl (C=O) groups is 1. The number of halogens is 1. The molecule has 4 heteroatoms. The highest BCUT2D eigenvalue weighted by Crippen LogP contribution is 2.22. The van der Waals surface area contributed by atoms with Crippen LogP contribution in [0.3, 0.4) is 0 Å². The van der Waals surface area contributed by atoms with Gasteiger partial charge in [-0.05, 0) is 72.2 Å². The Morgan fingerprint density at radius 1 is 1.10 bits per heavy atom. The predicted octanol–water partition coefficient (Wildman–Crippen LogP) is 4.05. The molecule has 0 aliphatic rings. The number of carbonyl (C=O) groups excluding carboxylic acids is 1. The van der Waals surface area contributed by atoms with Gasteiger partial charge in [-0.3, -0.25) is 4.79 Å². The molecule has 0 radical (unpaired) electrons. The van der Waals surface area contributed by atoms with Crippen LogP contribution in [-0.2, 0) is 0 Å². The van der Waals surface area contributed by atoms with E-state index in [1.54, 1.807) is 42.5 Å². The largest absolute Gasteiger partial charge is 0.491 e. The van der Waals surface area contributed by atoms with Gasteiger partial charge >= 0.3 is 0 Å². The summed E-state index contributed by atoms with van der Waals surface area (Å²) in [6, 6.07) is 12.3. The molecule has 0 saturated heterocycles. The third-order valence-electron chi connectivity index (χ3n) is 2.75. The van der Waals surface area contributed by atoms with E-state index < -0.39 is 0 Å². The third kappa shape index (κ3) is 3.39. The van der Waals surface area contributed by atoms with Crippen LogP contribution in [-0.4, -0.2) is 11.9 Å². The van der Waals surface area contributed by atoms with Crippen molar-refractivity contribution in [2.45, 2.75) is 20.0 Å². The van der Waals surface area contributed by atoms with Crippen molar-refractivity contribution in [3.05, 3.63) is 58.1 Å². The van der Waals surface area contributed by atoms with E-state index in [-0.39, 0.29) is 11.9 Å². The van der Waals surface area contributed by atoms with Gasteiger partial charge in [0.15, 0.2) is 5.78 Å². The standard InChI is InChI=1S/C16H16BrNO2/c1-10(2)20-13-6-3-11(4-7-13)16(19)12-5-8-14(17)15(18)9-12/h3-10H,18H2,1-2H3. The first kappa shape index (κ1) is 14.6. The zero-order chi connectivity index (χ0) is 14.7. The lowest BCUT2D eigenvalue weighted by atomic mass is 10.0. The lowest BCUT2D eigenvalue weighted by Crippen LogP contribution is -2.06. The Bertz CT molecular complexity index is 621. The molecule has 0 spiro atoms. The van der Waals surface area contributed by atoms with Crippen LogP contribution in [0.2, 0.25) is 0 Å². The Balaban J connectivity index is 2.22. The van der Waals surface area contributed by atoms with Crippen LogP contribution in [0.4, 0.5) is 5.69 Å². The fourth-order valence-corrected chi connectivity index (χ4v) is 2.06. The molecule has 2 aromatic rings. The summed E-state index contributed by atoms with van der Waals surface area (Å²) in [5.41, 5.74) is 7.53. The van der Waals surface area contributed by atoms with Crippen molar-refractivity contribution in [2.24, 2.45) is 0 Å². The number of hydrogen-bond donors (Lipinski definition) is 1. The van der Waals surface area contributed by atoms with Gasteiger partial charge in [-0.2, -0.15) is 0 Å². The van der Waals surface area contributed by atoms with Crippen molar-refractivity contribution in [1.82, 2.24) is 0 Å². The van der Waals surface area contributed by atoms with Gasteiger partial charge in [-0.25, -0.2) is 0 Å². The number of anilines is 1. The fourth-order valence-electron chi connectivity index (χ4n) is 1.81. The second kappa shape index (κ2) is 6.09. The van der Waals surface area contributed by atoms with Crippen LogP contribution in [0.15, 0.2) is 46.9 Å². The van der Waals surface area contributed by atoms with Crippen molar-refractivity contribution in [1.29, 1.82) is 0 Å². The van der Waals surface area contributed by atoms with Crippen molar-refractivity contribution in [3.63, 3.8) is 0 Å². The highest BCUT2D eigenvalue weighted by atomic mass is 79.9. The monoisotopic (exact) mass is 333 g/mol. The van der Waals surface area contributed by atoms with Gasteiger partial charge in [0.05, 0.1) is 6.10 Å². The Labute approximate surface area is 126 Å². The highest BCUT2D eigenvalue weighted by Gasteiger charge is 2.10. The molecule has 0 saturated carbocycles. The van der Waals surface area contributed by atoms with E-state index >= 15 is 0 Å². The van der Waals surface area contributed by atoms with E-state index in [0.717, 1.165) is 10.2 Å². The van der Waals surface area contributed by atoms with Crippen molar-refractivity contribution in [3.8, 4) is 5.75 Å². The second-order valence-electron chi connectivity index (χ2n) is 4.76. The van der Waals surface area contributed by atoms with Crippen LogP contribution < -0.4 is 10.5 Å². The lowest BCUT2D eigenvalue weighted by molar-refractivity contribution is 0.103. The molecule has 3 nitrogen and oxygen atoms in total. The molecule has 0 bridgehead atoms. The summed E-state index contributed by atoms with van der Waals surface area (Å²) in [4.78, 5) is 12.3. The Kier molecular flexibility index (Phi) is 4.45. The second-order valence-corrected chi connectivity index (χ2v) is 5.61. The van der Waals surface area contributed by atoms with Gasteiger partial charge in [0.2, 0.25) is 0 Å². The molecule has 20 heavy (non-hydrogen) atoms. The number of rotatable bonds is 4. The number of hydrogen-bond acceptors (Lipinski definition) is 3. The summed E-state index contributed by atoms with van der Waals surface area (Å²) in [6.07, 6.45) is 0.114. The van der Waals surface area contributed by atoms with Crippen molar-refractivity contribution in [2.75, 3.05) is 5.73 Å². The summed E-state index contributed by atoms with van der Waals surface area (Å²) in [5.74, 6) is 0.701. The first-order valence-corrected chi connectivity index (χ1v) is 7.13. The molecule has 0 aromatic heterocycles. The maximum atomic E-state index is 12.3. The molecular formula is C16H16BrNO2. The molecule has 0 atom stereocenters. The predicted molar refractivity (Wildman–Crippen MR) is 84.2 cm³/mol. The normalized spacial score (nSPS) is 10.6. The Hall–Kier alpha value is -1.81. The van der Waals surface area contributed by atoms with Crippen molar-refractivity contribution >= 4 is 27.4 Å². The summed E-state index contributed by atoms with van der Waals surface area (Å²) < 4.78 is 6.34. The highest BCUT2D eigenvalue weighted by molar-refractivity contribution is 9.10. The van der Waals surface area contributed by atoms with Crippen LogP contribution in [0.1, 0.15) is 29.8 Å².